The number of thioether (sulfide) groups is 1. The molecule has 2 aromatic heterocycles. The van der Waals surface area contributed by atoms with Crippen LogP contribution in [0.2, 0.25) is 0 Å². The Bertz CT molecular complexity index is 927. The molecule has 0 radical (unpaired) electrons. The Hall–Kier alpha value is -1.79. The van der Waals surface area contributed by atoms with E-state index in [1.54, 1.807) is 34.8 Å². The third-order valence-corrected chi connectivity index (χ3v) is 6.25. The molecule has 4 nitrogen and oxygen atoms in total. The lowest BCUT2D eigenvalue weighted by molar-refractivity contribution is 0.414. The maximum Gasteiger partial charge on any atom is 0.263 e. The van der Waals surface area contributed by atoms with Crippen LogP contribution in [0.4, 0.5) is 0 Å². The van der Waals surface area contributed by atoms with Crippen molar-refractivity contribution in [2.75, 3.05) is 7.11 Å². The van der Waals surface area contributed by atoms with E-state index in [2.05, 4.69) is 0 Å². The van der Waals surface area contributed by atoms with Gasteiger partial charge < -0.3 is 4.74 Å². The molecule has 3 aromatic rings. The summed E-state index contributed by atoms with van der Waals surface area (Å²) >= 11 is 3.20. The lowest BCUT2D eigenvalue weighted by Crippen LogP contribution is -2.22. The quantitative estimate of drug-likeness (QED) is 0.500. The van der Waals surface area contributed by atoms with Crippen LogP contribution >= 0.6 is 23.1 Å². The average molecular weight is 361 g/mol. The summed E-state index contributed by atoms with van der Waals surface area (Å²) in [4.78, 5) is 19.6. The second-order valence-corrected chi connectivity index (χ2v) is 7.69. The van der Waals surface area contributed by atoms with Gasteiger partial charge in [0.15, 0.2) is 5.16 Å². The lowest BCUT2D eigenvalue weighted by atomic mass is 10.2. The standard InChI is InChI=1S/C18H20N2O2S2/c1-5-20-17(21)15-11(2)12(3)24-16(15)19-18(20)23-10-13-6-8-14(22-4)9-7-13/h6-9H,5,10H2,1-4H3. The molecule has 0 saturated heterocycles. The van der Waals surface area contributed by atoms with Crippen molar-refractivity contribution in [3.63, 3.8) is 0 Å². The number of ether oxygens (including phenoxy) is 1. The lowest BCUT2D eigenvalue weighted by Gasteiger charge is -2.10. The van der Waals surface area contributed by atoms with Crippen molar-refractivity contribution in [1.29, 1.82) is 0 Å². The monoisotopic (exact) mass is 360 g/mol. The third-order valence-electron chi connectivity index (χ3n) is 4.10. The Kier molecular flexibility index (Phi) is 4.96. The summed E-state index contributed by atoms with van der Waals surface area (Å²) in [6, 6.07) is 7.98. The zero-order valence-electron chi connectivity index (χ0n) is 14.3. The molecular weight excluding hydrogens is 340 g/mol. The van der Waals surface area contributed by atoms with Crippen molar-refractivity contribution in [2.24, 2.45) is 0 Å². The normalized spacial score (nSPS) is 11.2. The molecule has 2 heterocycles. The minimum atomic E-state index is 0.0709. The summed E-state index contributed by atoms with van der Waals surface area (Å²) in [5, 5.41) is 1.56. The van der Waals surface area contributed by atoms with E-state index in [0.29, 0.717) is 6.54 Å². The van der Waals surface area contributed by atoms with Crippen LogP contribution in [0.25, 0.3) is 10.2 Å². The van der Waals surface area contributed by atoms with Gasteiger partial charge in [-0.05, 0) is 44.0 Å². The van der Waals surface area contributed by atoms with Crippen molar-refractivity contribution in [3.05, 3.63) is 50.6 Å². The number of thiophene rings is 1. The van der Waals surface area contributed by atoms with Gasteiger partial charge in [-0.2, -0.15) is 0 Å². The fourth-order valence-corrected chi connectivity index (χ4v) is 4.66. The number of benzene rings is 1. The highest BCUT2D eigenvalue weighted by molar-refractivity contribution is 7.98. The topological polar surface area (TPSA) is 44.1 Å². The molecule has 0 saturated carbocycles. The number of hydrogen-bond acceptors (Lipinski definition) is 5. The predicted molar refractivity (Wildman–Crippen MR) is 102 cm³/mol. The molecule has 1 aromatic carbocycles. The summed E-state index contributed by atoms with van der Waals surface area (Å²) in [5.74, 6) is 1.61. The van der Waals surface area contributed by atoms with Gasteiger partial charge in [0.05, 0.1) is 12.5 Å². The third kappa shape index (κ3) is 3.08. The van der Waals surface area contributed by atoms with E-state index < -0.39 is 0 Å². The Morgan fingerprint density at radius 1 is 1.25 bits per heavy atom. The van der Waals surface area contributed by atoms with Gasteiger partial charge in [0, 0.05) is 17.2 Å². The molecule has 0 N–H and O–H groups in total. The van der Waals surface area contributed by atoms with E-state index >= 15 is 0 Å². The molecule has 0 unspecified atom stereocenters. The SMILES string of the molecule is CCn1c(SCc2ccc(OC)cc2)nc2sc(C)c(C)c2c1=O. The summed E-state index contributed by atoms with van der Waals surface area (Å²) < 4.78 is 6.96. The smallest absolute Gasteiger partial charge is 0.263 e. The highest BCUT2D eigenvalue weighted by Crippen LogP contribution is 2.29. The first kappa shape index (κ1) is 17.0. The van der Waals surface area contributed by atoms with E-state index in [1.165, 1.54) is 5.56 Å². The fraction of sp³-hybridized carbons (Fsp3) is 0.333. The first-order valence-electron chi connectivity index (χ1n) is 7.81. The van der Waals surface area contributed by atoms with Crippen LogP contribution < -0.4 is 10.3 Å². The van der Waals surface area contributed by atoms with Crippen molar-refractivity contribution in [3.8, 4) is 5.75 Å². The maximum atomic E-state index is 12.8. The largest absolute Gasteiger partial charge is 0.497 e. The molecule has 0 fully saturated rings. The summed E-state index contributed by atoms with van der Waals surface area (Å²) in [7, 11) is 1.66. The Balaban J connectivity index is 1.94. The molecule has 0 aliphatic carbocycles. The van der Waals surface area contributed by atoms with Crippen LogP contribution in [0.3, 0.4) is 0 Å². The molecule has 126 valence electrons. The molecule has 0 amide bonds. The molecule has 6 heteroatoms. The van der Waals surface area contributed by atoms with Crippen LogP contribution in [0.5, 0.6) is 5.75 Å². The van der Waals surface area contributed by atoms with Crippen LogP contribution in [-0.2, 0) is 12.3 Å². The number of nitrogens with zero attached hydrogens (tertiary/aromatic N) is 2. The first-order chi connectivity index (χ1) is 11.5. The van der Waals surface area contributed by atoms with E-state index in [-0.39, 0.29) is 5.56 Å². The van der Waals surface area contributed by atoms with Gasteiger partial charge in [-0.1, -0.05) is 23.9 Å². The molecule has 0 bridgehead atoms. The van der Waals surface area contributed by atoms with Crippen LogP contribution in [-0.4, -0.2) is 16.7 Å². The molecule has 3 rings (SSSR count). The molecule has 24 heavy (non-hydrogen) atoms. The van der Waals surface area contributed by atoms with Crippen molar-refractivity contribution in [1.82, 2.24) is 9.55 Å². The molecule has 0 spiro atoms. The van der Waals surface area contributed by atoms with Crippen LogP contribution in [0.15, 0.2) is 34.2 Å². The predicted octanol–water partition coefficient (Wildman–Crippen LogP) is 4.40. The van der Waals surface area contributed by atoms with Gasteiger partial charge in [-0.3, -0.25) is 9.36 Å². The second kappa shape index (κ2) is 6.99. The summed E-state index contributed by atoms with van der Waals surface area (Å²) in [6.45, 7) is 6.66. The fourth-order valence-electron chi connectivity index (χ4n) is 2.57. The van der Waals surface area contributed by atoms with Gasteiger partial charge in [0.1, 0.15) is 10.6 Å². The molecule has 0 aliphatic rings. The average Bonchev–Trinajstić information content (AvgIpc) is 2.88. The first-order valence-corrected chi connectivity index (χ1v) is 9.61. The number of fused-ring (bicyclic) bond motifs is 1. The van der Waals surface area contributed by atoms with Gasteiger partial charge in [0.25, 0.3) is 5.56 Å². The van der Waals surface area contributed by atoms with Gasteiger partial charge >= 0.3 is 0 Å². The van der Waals surface area contributed by atoms with Gasteiger partial charge in [-0.15, -0.1) is 11.3 Å². The Labute approximate surface area is 149 Å². The number of hydrogen-bond donors (Lipinski definition) is 0. The highest BCUT2D eigenvalue weighted by atomic mass is 32.2. The zero-order valence-corrected chi connectivity index (χ0v) is 15.9. The molecular formula is C18H20N2O2S2. The number of rotatable bonds is 5. The Morgan fingerprint density at radius 2 is 1.96 bits per heavy atom. The van der Waals surface area contributed by atoms with E-state index in [4.69, 9.17) is 9.72 Å². The molecule has 0 aliphatic heterocycles. The Morgan fingerprint density at radius 3 is 2.58 bits per heavy atom. The maximum absolute atomic E-state index is 12.8. The van der Waals surface area contributed by atoms with E-state index in [9.17, 15) is 4.79 Å². The zero-order chi connectivity index (χ0) is 17.3. The van der Waals surface area contributed by atoms with E-state index in [1.807, 2.05) is 45.0 Å². The number of aromatic nitrogens is 2. The highest BCUT2D eigenvalue weighted by Gasteiger charge is 2.16. The van der Waals surface area contributed by atoms with Crippen molar-refractivity contribution >= 4 is 33.3 Å². The van der Waals surface area contributed by atoms with Gasteiger partial charge in [0.2, 0.25) is 0 Å². The summed E-state index contributed by atoms with van der Waals surface area (Å²) in [6.07, 6.45) is 0. The van der Waals surface area contributed by atoms with Crippen LogP contribution in [0.1, 0.15) is 22.9 Å². The van der Waals surface area contributed by atoms with Crippen molar-refractivity contribution < 1.29 is 4.74 Å². The summed E-state index contributed by atoms with van der Waals surface area (Å²) in [5.41, 5.74) is 2.30. The minimum Gasteiger partial charge on any atom is -0.497 e. The second-order valence-electron chi connectivity index (χ2n) is 5.54. The van der Waals surface area contributed by atoms with Gasteiger partial charge in [-0.25, -0.2) is 4.98 Å². The number of methoxy groups -OCH3 is 1. The number of aryl methyl sites for hydroxylation is 2. The van der Waals surface area contributed by atoms with Crippen molar-refractivity contribution in [2.45, 2.75) is 38.2 Å². The molecule has 0 atom stereocenters. The van der Waals surface area contributed by atoms with E-state index in [0.717, 1.165) is 37.3 Å². The van der Waals surface area contributed by atoms with Crippen LogP contribution in [0, 0.1) is 13.8 Å². The minimum absolute atomic E-state index is 0.0709.